The summed E-state index contributed by atoms with van der Waals surface area (Å²) < 4.78 is 0. The van der Waals surface area contributed by atoms with Gasteiger partial charge in [-0.25, -0.2) is 4.79 Å². The number of hydrogen-bond donors (Lipinski definition) is 7. The van der Waals surface area contributed by atoms with Crippen molar-refractivity contribution in [1.29, 1.82) is 0 Å². The van der Waals surface area contributed by atoms with Crippen LogP contribution in [0.4, 0.5) is 10.5 Å². The number of benzene rings is 1. The predicted octanol–water partition coefficient (Wildman–Crippen LogP) is -0.236. The molecule has 22 heteroatoms. The molecule has 1 aromatic carbocycles. The summed E-state index contributed by atoms with van der Waals surface area (Å²) >= 11 is 1.51. The first-order chi connectivity index (χ1) is 30.3. The number of aliphatic carboxylic acids is 3. The number of carboxylic acids is 3. The number of rotatable bonds is 23. The molecule has 6 amide bonds. The molecule has 3 rings (SSSR count). The zero-order valence-electron chi connectivity index (χ0n) is 37.2. The number of carbonyl (C=O) groups is 9. The molecule has 0 bridgehead atoms. The summed E-state index contributed by atoms with van der Waals surface area (Å²) in [7, 11) is 0. The molecule has 1 unspecified atom stereocenters. The van der Waals surface area contributed by atoms with E-state index < -0.39 is 35.9 Å². The maximum atomic E-state index is 13.6. The molecule has 21 nitrogen and oxygen atoms in total. The van der Waals surface area contributed by atoms with Gasteiger partial charge >= 0.3 is 23.9 Å². The Kier molecular flexibility index (Phi) is 22.6. The Labute approximate surface area is 378 Å². The van der Waals surface area contributed by atoms with E-state index in [0.717, 1.165) is 10.5 Å². The number of thioether (sulfide) groups is 1. The number of urea groups is 1. The molecule has 0 saturated carbocycles. The van der Waals surface area contributed by atoms with Crippen molar-refractivity contribution in [3.63, 3.8) is 0 Å². The second kappa shape index (κ2) is 27.2. The van der Waals surface area contributed by atoms with Crippen molar-refractivity contribution in [2.45, 2.75) is 52.6 Å². The van der Waals surface area contributed by atoms with Gasteiger partial charge in [0.2, 0.25) is 23.6 Å². The zero-order valence-corrected chi connectivity index (χ0v) is 38.0. The lowest BCUT2D eigenvalue weighted by Gasteiger charge is -2.32. The minimum absolute atomic E-state index is 0.0474. The van der Waals surface area contributed by atoms with E-state index >= 15 is 0 Å². The van der Waals surface area contributed by atoms with Crippen LogP contribution in [-0.2, 0) is 44.9 Å². The first kappa shape index (κ1) is 53.2. The van der Waals surface area contributed by atoms with Gasteiger partial charge in [0.1, 0.15) is 0 Å². The number of nitrogens with zero attached hydrogens (tertiary/aromatic N) is 5. The summed E-state index contributed by atoms with van der Waals surface area (Å²) in [5, 5.41) is 39.4. The fourth-order valence-electron chi connectivity index (χ4n) is 7.32. The number of hydrogen-bond acceptors (Lipinski definition) is 14. The highest BCUT2D eigenvalue weighted by Crippen LogP contribution is 2.20. The SMILES string of the molecule is CSCC[C@H](NC(=O)Nc1ccc(CNC(=O)CN2CCN(CC(=O)O)CCN(CC(=O)O)CCN(CC(=O)O)CC2)cc1)C(=O)C[C@H](C(=O)NCCN1C(=O)CC(C)C1=O)C(C)C. The summed E-state index contributed by atoms with van der Waals surface area (Å²) in [6.45, 7) is 6.91. The predicted molar refractivity (Wildman–Crippen MR) is 237 cm³/mol. The molecule has 1 aromatic rings. The van der Waals surface area contributed by atoms with Crippen LogP contribution in [0.15, 0.2) is 24.3 Å². The summed E-state index contributed by atoms with van der Waals surface area (Å²) in [5.41, 5.74) is 1.15. The van der Waals surface area contributed by atoms with Crippen LogP contribution in [-0.4, -0.2) is 203 Å². The Morgan fingerprint density at radius 3 is 1.69 bits per heavy atom. The van der Waals surface area contributed by atoms with Crippen molar-refractivity contribution in [2.24, 2.45) is 17.8 Å². The van der Waals surface area contributed by atoms with Crippen molar-refractivity contribution in [3.8, 4) is 0 Å². The van der Waals surface area contributed by atoms with Crippen molar-refractivity contribution in [1.82, 2.24) is 40.4 Å². The summed E-state index contributed by atoms with van der Waals surface area (Å²) in [4.78, 5) is 120. The highest BCUT2D eigenvalue weighted by Gasteiger charge is 2.35. The third kappa shape index (κ3) is 19.3. The quantitative estimate of drug-likeness (QED) is 0.0698. The maximum Gasteiger partial charge on any atom is 0.319 e. The molecule has 64 heavy (non-hydrogen) atoms. The molecule has 7 N–H and O–H groups in total. The minimum atomic E-state index is -1.05. The average molecular weight is 920 g/mol. The van der Waals surface area contributed by atoms with E-state index in [9.17, 15) is 58.5 Å². The van der Waals surface area contributed by atoms with Crippen LogP contribution < -0.4 is 21.3 Å². The summed E-state index contributed by atoms with van der Waals surface area (Å²) in [6, 6.07) is 5.23. The molecule has 0 aromatic heterocycles. The number of anilines is 1. The van der Waals surface area contributed by atoms with Gasteiger partial charge in [0, 0.05) is 102 Å². The molecule has 0 aliphatic carbocycles. The van der Waals surface area contributed by atoms with Crippen LogP contribution in [0.5, 0.6) is 0 Å². The molecule has 3 atom stereocenters. The molecule has 356 valence electrons. The lowest BCUT2D eigenvalue weighted by Crippen LogP contribution is -2.49. The molecule has 2 heterocycles. The smallest absolute Gasteiger partial charge is 0.319 e. The molecule has 0 spiro atoms. The topological polar surface area (TPSA) is 279 Å². The minimum Gasteiger partial charge on any atom is -0.480 e. The summed E-state index contributed by atoms with van der Waals surface area (Å²) in [5.74, 6) is -5.42. The van der Waals surface area contributed by atoms with Crippen molar-refractivity contribution < 1.29 is 58.5 Å². The van der Waals surface area contributed by atoms with Gasteiger partial charge in [-0.15, -0.1) is 0 Å². The second-order valence-corrected chi connectivity index (χ2v) is 17.5. The van der Waals surface area contributed by atoms with Crippen molar-refractivity contribution in [3.05, 3.63) is 29.8 Å². The van der Waals surface area contributed by atoms with Gasteiger partial charge in [-0.3, -0.25) is 62.9 Å². The number of imide groups is 1. The molecule has 2 saturated heterocycles. The van der Waals surface area contributed by atoms with Gasteiger partial charge in [-0.2, -0.15) is 11.8 Å². The molecular weight excluding hydrogens is 855 g/mol. The van der Waals surface area contributed by atoms with Gasteiger partial charge in [0.25, 0.3) is 0 Å². The van der Waals surface area contributed by atoms with E-state index in [-0.39, 0.29) is 139 Å². The average Bonchev–Trinajstić information content (AvgIpc) is 3.46. The zero-order chi connectivity index (χ0) is 47.3. The second-order valence-electron chi connectivity index (χ2n) is 16.5. The Bertz CT molecular complexity index is 1750. The Morgan fingerprint density at radius 2 is 1.25 bits per heavy atom. The van der Waals surface area contributed by atoms with Gasteiger partial charge in [0.05, 0.1) is 32.2 Å². The standard InChI is InChI=1S/C42H65N9O12S/c1-28(2)32(40(61)43-10-11-51-36(54)21-29(3)41(51)62)22-34(52)33(9-20-64-4)46-42(63)45-31-7-5-30(6-8-31)23-44-35(53)24-47-12-14-48(25-37(55)56)16-18-50(27-39(59)60)19-17-49(15-13-47)26-38(57)58/h5-8,28-29,32-33H,9-27H2,1-4H3,(H,43,61)(H,44,53)(H,55,56)(H,57,58)(H,59,60)(H2,45,46,63)/t29?,32-,33-/m0/s1. The number of carboxylic acid groups (broad SMARTS) is 3. The van der Waals surface area contributed by atoms with Gasteiger partial charge in [-0.1, -0.05) is 32.9 Å². The van der Waals surface area contributed by atoms with E-state index in [1.54, 1.807) is 45.9 Å². The third-order valence-corrected chi connectivity index (χ3v) is 11.7. The third-order valence-electron chi connectivity index (χ3n) is 11.0. The Morgan fingerprint density at radius 1 is 0.750 bits per heavy atom. The molecule has 2 aliphatic heterocycles. The van der Waals surface area contributed by atoms with E-state index in [1.165, 1.54) is 11.8 Å². The van der Waals surface area contributed by atoms with Gasteiger partial charge in [-0.05, 0) is 42.0 Å². The number of likely N-dealkylation sites (tertiary alicyclic amines) is 1. The van der Waals surface area contributed by atoms with E-state index in [0.29, 0.717) is 31.0 Å². The van der Waals surface area contributed by atoms with Gasteiger partial charge in [0.15, 0.2) is 5.78 Å². The number of Topliss-reactive ketones (excluding diaryl/α,β-unsaturated/α-hetero) is 1. The lowest BCUT2D eigenvalue weighted by molar-refractivity contribution is -0.140. The molecular formula is C42H65N9O12S. The molecule has 2 fully saturated rings. The number of amides is 6. The first-order valence-electron chi connectivity index (χ1n) is 21.5. The Balaban J connectivity index is 1.55. The van der Waals surface area contributed by atoms with Crippen LogP contribution in [0.2, 0.25) is 0 Å². The summed E-state index contributed by atoms with van der Waals surface area (Å²) in [6.07, 6.45) is 2.23. The number of nitrogens with one attached hydrogen (secondary N) is 4. The van der Waals surface area contributed by atoms with E-state index in [2.05, 4.69) is 21.3 Å². The Hall–Kier alpha value is -5.16. The molecule has 2 aliphatic rings. The normalized spacial score (nSPS) is 18.4. The largest absolute Gasteiger partial charge is 0.480 e. The fourth-order valence-corrected chi connectivity index (χ4v) is 7.79. The van der Waals surface area contributed by atoms with Crippen LogP contribution >= 0.6 is 11.8 Å². The van der Waals surface area contributed by atoms with Crippen LogP contribution in [0.25, 0.3) is 0 Å². The monoisotopic (exact) mass is 919 g/mol. The first-order valence-corrected chi connectivity index (χ1v) is 22.9. The van der Waals surface area contributed by atoms with Crippen molar-refractivity contribution in [2.75, 3.05) is 109 Å². The maximum absolute atomic E-state index is 13.6. The van der Waals surface area contributed by atoms with Crippen LogP contribution in [0.1, 0.15) is 45.6 Å². The number of carbonyl (C=O) groups excluding carboxylic acids is 6. The highest BCUT2D eigenvalue weighted by molar-refractivity contribution is 7.98. The fraction of sp³-hybridized carbons (Fsp3) is 0.643. The lowest BCUT2D eigenvalue weighted by atomic mass is 9.87. The van der Waals surface area contributed by atoms with Gasteiger partial charge < -0.3 is 36.6 Å². The van der Waals surface area contributed by atoms with E-state index in [4.69, 9.17) is 0 Å². The van der Waals surface area contributed by atoms with Crippen LogP contribution in [0, 0.1) is 17.8 Å². The van der Waals surface area contributed by atoms with Crippen LogP contribution in [0.3, 0.4) is 0 Å². The molecule has 0 radical (unpaired) electrons. The van der Waals surface area contributed by atoms with E-state index in [1.807, 2.05) is 25.0 Å². The highest BCUT2D eigenvalue weighted by atomic mass is 32.2. The number of ketones is 1. The van der Waals surface area contributed by atoms with Crippen molar-refractivity contribution >= 4 is 70.8 Å².